The number of guanidine groups is 1. The van der Waals surface area contributed by atoms with Crippen LogP contribution in [0.5, 0.6) is 0 Å². The molecule has 1 saturated heterocycles. The number of hydrogen-bond acceptors (Lipinski definition) is 3. The highest BCUT2D eigenvalue weighted by atomic mass is 79.9. The highest BCUT2D eigenvalue weighted by Gasteiger charge is 2.15. The van der Waals surface area contributed by atoms with Crippen LogP contribution >= 0.6 is 15.9 Å². The van der Waals surface area contributed by atoms with E-state index in [9.17, 15) is 4.79 Å². The molecule has 27 heavy (non-hydrogen) atoms. The number of hydrogen-bond donors (Lipinski definition) is 2. The molecule has 7 heteroatoms. The summed E-state index contributed by atoms with van der Waals surface area (Å²) in [5.74, 6) is 1.55. The number of nitrogens with zero attached hydrogens (tertiary/aromatic N) is 2. The van der Waals surface area contributed by atoms with Gasteiger partial charge in [0.25, 0.3) is 5.91 Å². The standard InChI is InChI=1S/C20H31BrN4O2/c1-3-22-20(25(2)12-7-16-8-13-27-14-9-16)24-11-10-23-19(26)17-5-4-6-18(21)15-17/h4-6,15-16H,3,7-14H2,1-2H3,(H,22,24)(H,23,26). The van der Waals surface area contributed by atoms with Crippen molar-refractivity contribution in [1.82, 2.24) is 15.5 Å². The normalized spacial score (nSPS) is 15.4. The molecule has 0 saturated carbocycles. The molecule has 1 aliphatic heterocycles. The van der Waals surface area contributed by atoms with Gasteiger partial charge in [0.1, 0.15) is 0 Å². The van der Waals surface area contributed by atoms with Crippen LogP contribution in [0.15, 0.2) is 33.7 Å². The van der Waals surface area contributed by atoms with E-state index >= 15 is 0 Å². The molecular weight excluding hydrogens is 408 g/mol. The zero-order chi connectivity index (χ0) is 19.5. The zero-order valence-electron chi connectivity index (χ0n) is 16.3. The molecule has 0 bridgehead atoms. The van der Waals surface area contributed by atoms with Gasteiger partial charge in [-0.25, -0.2) is 0 Å². The number of benzene rings is 1. The second-order valence-electron chi connectivity index (χ2n) is 6.77. The van der Waals surface area contributed by atoms with Crippen LogP contribution in [0, 0.1) is 5.92 Å². The van der Waals surface area contributed by atoms with Gasteiger partial charge in [-0.3, -0.25) is 9.79 Å². The fraction of sp³-hybridized carbons (Fsp3) is 0.600. The monoisotopic (exact) mass is 438 g/mol. The highest BCUT2D eigenvalue weighted by molar-refractivity contribution is 9.10. The Kier molecular flexibility index (Phi) is 9.62. The molecule has 0 aliphatic carbocycles. The van der Waals surface area contributed by atoms with Crippen molar-refractivity contribution < 1.29 is 9.53 Å². The Morgan fingerprint density at radius 3 is 2.81 bits per heavy atom. The lowest BCUT2D eigenvalue weighted by atomic mass is 9.96. The molecule has 1 aliphatic rings. The van der Waals surface area contributed by atoms with Gasteiger partial charge in [0.15, 0.2) is 5.96 Å². The third-order valence-electron chi connectivity index (χ3n) is 4.66. The lowest BCUT2D eigenvalue weighted by Gasteiger charge is -2.26. The number of amides is 1. The van der Waals surface area contributed by atoms with Crippen LogP contribution in [-0.2, 0) is 4.74 Å². The van der Waals surface area contributed by atoms with E-state index in [1.165, 1.54) is 0 Å². The van der Waals surface area contributed by atoms with Crippen molar-refractivity contribution >= 4 is 27.8 Å². The van der Waals surface area contributed by atoms with Crippen LogP contribution in [0.1, 0.15) is 36.5 Å². The van der Waals surface area contributed by atoms with E-state index in [4.69, 9.17) is 4.74 Å². The minimum atomic E-state index is -0.0793. The Balaban J connectivity index is 1.76. The third-order valence-corrected chi connectivity index (χ3v) is 5.15. The van der Waals surface area contributed by atoms with Gasteiger partial charge in [0.2, 0.25) is 0 Å². The summed E-state index contributed by atoms with van der Waals surface area (Å²) in [5.41, 5.74) is 0.647. The van der Waals surface area contributed by atoms with Gasteiger partial charge in [-0.15, -0.1) is 0 Å². The maximum Gasteiger partial charge on any atom is 0.251 e. The average Bonchev–Trinajstić information content (AvgIpc) is 2.69. The SMILES string of the molecule is CCNC(=NCCNC(=O)c1cccc(Br)c1)N(C)CCC1CCOCC1. The van der Waals surface area contributed by atoms with Crippen molar-refractivity contribution in [3.63, 3.8) is 0 Å². The van der Waals surface area contributed by atoms with E-state index in [0.29, 0.717) is 18.7 Å². The van der Waals surface area contributed by atoms with Gasteiger partial charge in [0, 0.05) is 49.9 Å². The van der Waals surface area contributed by atoms with Crippen molar-refractivity contribution in [2.45, 2.75) is 26.2 Å². The first-order valence-electron chi connectivity index (χ1n) is 9.71. The van der Waals surface area contributed by atoms with Crippen molar-refractivity contribution in [1.29, 1.82) is 0 Å². The van der Waals surface area contributed by atoms with Crippen LogP contribution < -0.4 is 10.6 Å². The van der Waals surface area contributed by atoms with Crippen LogP contribution in [0.3, 0.4) is 0 Å². The Morgan fingerprint density at radius 2 is 2.11 bits per heavy atom. The lowest BCUT2D eigenvalue weighted by molar-refractivity contribution is 0.0625. The molecule has 0 aromatic heterocycles. The first-order valence-corrected chi connectivity index (χ1v) is 10.5. The van der Waals surface area contributed by atoms with Crippen LogP contribution in [-0.4, -0.2) is 63.2 Å². The molecule has 0 atom stereocenters. The molecule has 0 spiro atoms. The average molecular weight is 439 g/mol. The third kappa shape index (κ3) is 7.89. The van der Waals surface area contributed by atoms with Gasteiger partial charge < -0.3 is 20.3 Å². The zero-order valence-corrected chi connectivity index (χ0v) is 17.9. The first kappa shape index (κ1) is 21.7. The summed E-state index contributed by atoms with van der Waals surface area (Å²) in [6.45, 7) is 6.70. The quantitative estimate of drug-likeness (QED) is 0.372. The molecule has 0 unspecified atom stereocenters. The predicted molar refractivity (Wildman–Crippen MR) is 113 cm³/mol. The summed E-state index contributed by atoms with van der Waals surface area (Å²) in [4.78, 5) is 19.0. The minimum absolute atomic E-state index is 0.0793. The van der Waals surface area contributed by atoms with Crippen molar-refractivity contribution in [2.75, 3.05) is 46.4 Å². The Morgan fingerprint density at radius 1 is 1.33 bits per heavy atom. The number of ether oxygens (including phenoxy) is 1. The van der Waals surface area contributed by atoms with Gasteiger partial charge >= 0.3 is 0 Å². The molecule has 0 radical (unpaired) electrons. The maximum absolute atomic E-state index is 12.2. The second-order valence-corrected chi connectivity index (χ2v) is 7.68. The predicted octanol–water partition coefficient (Wildman–Crippen LogP) is 2.89. The van der Waals surface area contributed by atoms with Gasteiger partial charge in [-0.2, -0.15) is 0 Å². The maximum atomic E-state index is 12.2. The van der Waals surface area contributed by atoms with E-state index in [1.54, 1.807) is 6.07 Å². The smallest absolute Gasteiger partial charge is 0.251 e. The molecule has 1 fully saturated rings. The van der Waals surface area contributed by atoms with Gasteiger partial charge in [-0.05, 0) is 50.3 Å². The first-order chi connectivity index (χ1) is 13.1. The largest absolute Gasteiger partial charge is 0.381 e. The van der Waals surface area contributed by atoms with Crippen molar-refractivity contribution in [3.8, 4) is 0 Å². The summed E-state index contributed by atoms with van der Waals surface area (Å²) < 4.78 is 6.33. The number of halogens is 1. The van der Waals surface area contributed by atoms with Crippen molar-refractivity contribution in [2.24, 2.45) is 10.9 Å². The summed E-state index contributed by atoms with van der Waals surface area (Å²) in [6.07, 6.45) is 3.47. The lowest BCUT2D eigenvalue weighted by Crippen LogP contribution is -2.40. The van der Waals surface area contributed by atoms with Crippen LogP contribution in [0.4, 0.5) is 0 Å². The Bertz CT molecular complexity index is 618. The molecule has 1 aromatic rings. The van der Waals surface area contributed by atoms with E-state index in [2.05, 4.69) is 50.4 Å². The fourth-order valence-corrected chi connectivity index (χ4v) is 3.45. The molecule has 2 N–H and O–H groups in total. The summed E-state index contributed by atoms with van der Waals surface area (Å²) in [5, 5.41) is 6.25. The minimum Gasteiger partial charge on any atom is -0.381 e. The van der Waals surface area contributed by atoms with Gasteiger partial charge in [0.05, 0.1) is 6.54 Å². The van der Waals surface area contributed by atoms with Crippen molar-refractivity contribution in [3.05, 3.63) is 34.3 Å². The fourth-order valence-electron chi connectivity index (χ4n) is 3.05. The molecule has 2 rings (SSSR count). The van der Waals surface area contributed by atoms with E-state index in [0.717, 1.165) is 61.9 Å². The molecule has 6 nitrogen and oxygen atoms in total. The number of nitrogens with one attached hydrogen (secondary N) is 2. The topological polar surface area (TPSA) is 66.0 Å². The number of rotatable bonds is 8. The summed E-state index contributed by atoms with van der Waals surface area (Å²) >= 11 is 3.39. The Labute approximate surface area is 170 Å². The van der Waals surface area contributed by atoms with Crippen LogP contribution in [0.25, 0.3) is 0 Å². The Hall–Kier alpha value is -1.60. The summed E-state index contributed by atoms with van der Waals surface area (Å²) in [7, 11) is 2.07. The molecule has 150 valence electrons. The van der Waals surface area contributed by atoms with E-state index in [-0.39, 0.29) is 5.91 Å². The van der Waals surface area contributed by atoms with E-state index in [1.807, 2.05) is 18.2 Å². The highest BCUT2D eigenvalue weighted by Crippen LogP contribution is 2.18. The molecule has 1 heterocycles. The molecular formula is C20H31BrN4O2. The second kappa shape index (κ2) is 12.0. The number of carbonyl (C=O) groups excluding carboxylic acids is 1. The number of carbonyl (C=O) groups is 1. The van der Waals surface area contributed by atoms with E-state index < -0.39 is 0 Å². The molecule has 1 aromatic carbocycles. The summed E-state index contributed by atoms with van der Waals surface area (Å²) in [6, 6.07) is 7.37. The van der Waals surface area contributed by atoms with Crippen LogP contribution in [0.2, 0.25) is 0 Å². The number of aliphatic imine (C=N–C) groups is 1. The molecule has 1 amide bonds. The van der Waals surface area contributed by atoms with Gasteiger partial charge in [-0.1, -0.05) is 22.0 Å².